The number of methoxy groups -OCH3 is 1. The Balaban J connectivity index is 2.35. The van der Waals surface area contributed by atoms with Crippen LogP contribution in [0.1, 0.15) is 15.4 Å². The highest BCUT2D eigenvalue weighted by Gasteiger charge is 2.13. The number of nitrogens with zero attached hydrogens (tertiary/aromatic N) is 2. The highest BCUT2D eigenvalue weighted by Crippen LogP contribution is 2.12. The first kappa shape index (κ1) is 12.5. The highest BCUT2D eigenvalue weighted by atomic mass is 32.1. The molecule has 0 aliphatic heterocycles. The summed E-state index contributed by atoms with van der Waals surface area (Å²) < 4.78 is 6.26. The van der Waals surface area contributed by atoms with Crippen molar-refractivity contribution in [1.82, 2.24) is 9.55 Å². The fourth-order valence-corrected chi connectivity index (χ4v) is 2.21. The fourth-order valence-electron chi connectivity index (χ4n) is 1.55. The van der Waals surface area contributed by atoms with Crippen LogP contribution in [0.25, 0.3) is 0 Å². The number of carbonyl (C=O) groups excluding carboxylic acids is 1. The van der Waals surface area contributed by atoms with Gasteiger partial charge in [0.1, 0.15) is 0 Å². The summed E-state index contributed by atoms with van der Waals surface area (Å²) in [7, 11) is 1.42. The van der Waals surface area contributed by atoms with E-state index in [2.05, 4.69) is 4.98 Å². The maximum atomic E-state index is 11.9. The topological polar surface area (TPSA) is 61.2 Å². The van der Waals surface area contributed by atoms with Crippen LogP contribution in [0, 0.1) is 6.92 Å². The van der Waals surface area contributed by atoms with Gasteiger partial charge in [-0.05, 0) is 18.4 Å². The maximum absolute atomic E-state index is 11.9. The van der Waals surface area contributed by atoms with E-state index in [1.54, 1.807) is 19.1 Å². The van der Waals surface area contributed by atoms with Crippen molar-refractivity contribution in [2.75, 3.05) is 7.11 Å². The number of hydrogen-bond donors (Lipinski definition) is 0. The third-order valence-corrected chi connectivity index (χ3v) is 3.29. The molecule has 0 radical (unpaired) electrons. The van der Waals surface area contributed by atoms with Gasteiger partial charge in [-0.15, -0.1) is 11.3 Å². The van der Waals surface area contributed by atoms with Gasteiger partial charge in [0.05, 0.1) is 18.5 Å². The summed E-state index contributed by atoms with van der Waals surface area (Å²) in [5.41, 5.74) is 0.279. The van der Waals surface area contributed by atoms with Gasteiger partial charge in [-0.25, -0.2) is 4.98 Å². The van der Waals surface area contributed by atoms with Gasteiger partial charge in [0.25, 0.3) is 11.6 Å². The molecule has 0 spiro atoms. The monoisotopic (exact) mass is 264 g/mol. The molecule has 0 aromatic carbocycles. The van der Waals surface area contributed by atoms with Crippen molar-refractivity contribution in [3.63, 3.8) is 0 Å². The Kier molecular flexibility index (Phi) is 3.57. The zero-order valence-corrected chi connectivity index (χ0v) is 10.9. The summed E-state index contributed by atoms with van der Waals surface area (Å²) in [5, 5.41) is 1.82. The lowest BCUT2D eigenvalue weighted by Gasteiger charge is -2.09. The minimum Gasteiger partial charge on any atom is -0.468 e. The molecule has 0 atom stereocenters. The number of Topliss-reactive ketones (excluding diaryl/α,β-unsaturated/α-hetero) is 1. The first-order valence-corrected chi connectivity index (χ1v) is 6.19. The molecule has 6 heteroatoms. The van der Waals surface area contributed by atoms with E-state index in [1.165, 1.54) is 29.1 Å². The van der Waals surface area contributed by atoms with E-state index in [0.29, 0.717) is 10.6 Å². The SMILES string of the molecule is COc1nc(C)cc(=O)n1CC(=O)c1cccs1. The number of ether oxygens (including phenoxy) is 1. The van der Waals surface area contributed by atoms with Gasteiger partial charge in [0.2, 0.25) is 0 Å². The predicted octanol–water partition coefficient (Wildman–Crippen LogP) is 1.50. The third kappa shape index (κ3) is 2.48. The molecule has 18 heavy (non-hydrogen) atoms. The minimum absolute atomic E-state index is 0.0597. The van der Waals surface area contributed by atoms with E-state index in [9.17, 15) is 9.59 Å². The standard InChI is InChI=1S/C12H12N2O3S/c1-8-6-11(16)14(12(13-8)17-2)7-9(15)10-4-3-5-18-10/h3-6H,7H2,1-2H3. The van der Waals surface area contributed by atoms with Crippen LogP contribution in [0.2, 0.25) is 0 Å². The molecule has 2 aromatic rings. The van der Waals surface area contributed by atoms with Gasteiger partial charge < -0.3 is 4.74 Å². The van der Waals surface area contributed by atoms with E-state index in [-0.39, 0.29) is 23.9 Å². The van der Waals surface area contributed by atoms with Crippen molar-refractivity contribution < 1.29 is 9.53 Å². The molecule has 0 fully saturated rings. The van der Waals surface area contributed by atoms with E-state index >= 15 is 0 Å². The molecule has 2 heterocycles. The molecular weight excluding hydrogens is 252 g/mol. The summed E-state index contributed by atoms with van der Waals surface area (Å²) in [6.07, 6.45) is 0. The van der Waals surface area contributed by atoms with E-state index in [0.717, 1.165) is 0 Å². The van der Waals surface area contributed by atoms with Gasteiger partial charge in [0.15, 0.2) is 5.78 Å². The van der Waals surface area contributed by atoms with Crippen molar-refractivity contribution in [1.29, 1.82) is 0 Å². The van der Waals surface area contributed by atoms with Crippen LogP contribution < -0.4 is 10.3 Å². The average Bonchev–Trinajstić information content (AvgIpc) is 2.85. The smallest absolute Gasteiger partial charge is 0.299 e. The molecule has 0 bridgehead atoms. The van der Waals surface area contributed by atoms with Crippen molar-refractivity contribution >= 4 is 17.1 Å². The van der Waals surface area contributed by atoms with Gasteiger partial charge in [0, 0.05) is 11.8 Å². The number of hydrogen-bond acceptors (Lipinski definition) is 5. The number of thiophene rings is 1. The molecular formula is C12H12N2O3S. The molecule has 0 N–H and O–H groups in total. The van der Waals surface area contributed by atoms with Crippen LogP contribution in [-0.2, 0) is 6.54 Å². The van der Waals surface area contributed by atoms with Crippen molar-refractivity contribution in [2.24, 2.45) is 0 Å². The molecule has 0 amide bonds. The number of rotatable bonds is 4. The van der Waals surface area contributed by atoms with E-state index in [4.69, 9.17) is 4.74 Å². The fraction of sp³-hybridized carbons (Fsp3) is 0.250. The third-order valence-electron chi connectivity index (χ3n) is 2.38. The van der Waals surface area contributed by atoms with E-state index < -0.39 is 0 Å². The predicted molar refractivity (Wildman–Crippen MR) is 68.4 cm³/mol. The Hall–Kier alpha value is -1.95. The summed E-state index contributed by atoms with van der Waals surface area (Å²) in [4.78, 5) is 28.5. The van der Waals surface area contributed by atoms with Crippen LogP contribution in [0.5, 0.6) is 6.01 Å². The van der Waals surface area contributed by atoms with Crippen LogP contribution in [-0.4, -0.2) is 22.4 Å². The molecule has 5 nitrogen and oxygen atoms in total. The van der Waals surface area contributed by atoms with Crippen LogP contribution in [0.15, 0.2) is 28.4 Å². The first-order valence-electron chi connectivity index (χ1n) is 5.31. The summed E-state index contributed by atoms with van der Waals surface area (Å²) in [5.74, 6) is -0.129. The quantitative estimate of drug-likeness (QED) is 0.785. The largest absolute Gasteiger partial charge is 0.468 e. The Morgan fingerprint density at radius 3 is 2.94 bits per heavy atom. The van der Waals surface area contributed by atoms with Gasteiger partial charge in [-0.1, -0.05) is 6.07 Å². The second-order valence-electron chi connectivity index (χ2n) is 3.71. The Morgan fingerprint density at radius 1 is 1.56 bits per heavy atom. The molecule has 0 saturated heterocycles. The Bertz CT molecular complexity index is 617. The van der Waals surface area contributed by atoms with Crippen LogP contribution in [0.4, 0.5) is 0 Å². The lowest BCUT2D eigenvalue weighted by molar-refractivity contribution is 0.0970. The zero-order chi connectivity index (χ0) is 13.1. The molecule has 0 saturated carbocycles. The normalized spacial score (nSPS) is 10.3. The highest BCUT2D eigenvalue weighted by molar-refractivity contribution is 7.12. The minimum atomic E-state index is -0.288. The second kappa shape index (κ2) is 5.14. The maximum Gasteiger partial charge on any atom is 0.299 e. The number of aryl methyl sites for hydroxylation is 1. The zero-order valence-electron chi connectivity index (χ0n) is 10.0. The summed E-state index contributed by atoms with van der Waals surface area (Å²) in [6.45, 7) is 1.64. The lowest BCUT2D eigenvalue weighted by atomic mass is 10.3. The van der Waals surface area contributed by atoms with Gasteiger partial charge >= 0.3 is 0 Å². The average molecular weight is 264 g/mol. The summed E-state index contributed by atoms with van der Waals surface area (Å²) >= 11 is 1.35. The first-order chi connectivity index (χ1) is 8.61. The van der Waals surface area contributed by atoms with Crippen LogP contribution >= 0.6 is 11.3 Å². The molecule has 2 rings (SSSR count). The van der Waals surface area contributed by atoms with Gasteiger partial charge in [-0.3, -0.25) is 14.2 Å². The van der Waals surface area contributed by atoms with Crippen molar-refractivity contribution in [2.45, 2.75) is 13.5 Å². The van der Waals surface area contributed by atoms with Gasteiger partial charge in [-0.2, -0.15) is 0 Å². The van der Waals surface area contributed by atoms with Crippen molar-refractivity contribution in [3.05, 3.63) is 44.5 Å². The Labute approximate surface area is 108 Å². The van der Waals surface area contributed by atoms with E-state index in [1.807, 2.05) is 5.38 Å². The molecule has 0 aliphatic carbocycles. The summed E-state index contributed by atoms with van der Waals surface area (Å²) in [6, 6.07) is 5.06. The van der Waals surface area contributed by atoms with Crippen LogP contribution in [0.3, 0.4) is 0 Å². The molecule has 0 unspecified atom stereocenters. The second-order valence-corrected chi connectivity index (χ2v) is 4.66. The number of carbonyl (C=O) groups is 1. The molecule has 0 aliphatic rings. The Morgan fingerprint density at radius 2 is 2.33 bits per heavy atom. The molecule has 2 aromatic heterocycles. The number of ketones is 1. The lowest BCUT2D eigenvalue weighted by Crippen LogP contribution is -2.26. The van der Waals surface area contributed by atoms with Crippen molar-refractivity contribution in [3.8, 4) is 6.01 Å². The number of aromatic nitrogens is 2. The molecule has 94 valence electrons.